The molecule has 0 saturated heterocycles. The Morgan fingerprint density at radius 3 is 1.53 bits per heavy atom. The molecule has 1 aliphatic carbocycles. The summed E-state index contributed by atoms with van der Waals surface area (Å²) in [5.41, 5.74) is 12.1. The van der Waals surface area contributed by atoms with E-state index < -0.39 is 23.3 Å². The maximum Gasteiger partial charge on any atom is 0.376 e. The molecule has 0 radical (unpaired) electrons. The zero-order valence-electron chi connectivity index (χ0n) is 24.8. The first-order valence-electron chi connectivity index (χ1n) is 15.1. The van der Waals surface area contributed by atoms with E-state index in [-0.39, 0.29) is 31.3 Å². The Kier molecular flexibility index (Phi) is 8.67. The number of hydrogen-bond acceptors (Lipinski definition) is 5. The van der Waals surface area contributed by atoms with Gasteiger partial charge >= 0.3 is 5.97 Å². The lowest BCUT2D eigenvalue weighted by atomic mass is 9.77. The largest absolute Gasteiger partial charge is 0.459 e. The summed E-state index contributed by atoms with van der Waals surface area (Å²) >= 11 is 0. The van der Waals surface area contributed by atoms with Crippen molar-refractivity contribution < 1.29 is 19.1 Å². The number of amides is 1. The monoisotopic (exact) mass is 594 g/mol. The van der Waals surface area contributed by atoms with E-state index in [0.717, 1.165) is 38.9 Å². The minimum absolute atomic E-state index is 0.0106. The second kappa shape index (κ2) is 13.1. The number of fused-ring (bicyclic) bond motifs is 3. The molecule has 0 spiro atoms. The molecule has 0 heterocycles. The van der Waals surface area contributed by atoms with Crippen LogP contribution in [-0.4, -0.2) is 30.3 Å². The SMILES string of the molecule is N[C@@H](CCC(=O)NC(c1ccccc1)(c1ccccc1)c1ccccc1)C(=O)C(=O)OCC1c2ccccc2-c2ccccc21. The van der Waals surface area contributed by atoms with Crippen molar-refractivity contribution in [3.63, 3.8) is 0 Å². The van der Waals surface area contributed by atoms with Crippen LogP contribution in [0.5, 0.6) is 0 Å². The number of Topliss-reactive ketones (excluding diaryl/α,β-unsaturated/α-hetero) is 1. The number of ether oxygens (including phenoxy) is 1. The van der Waals surface area contributed by atoms with Gasteiger partial charge in [0.05, 0.1) is 6.04 Å². The van der Waals surface area contributed by atoms with Crippen molar-refractivity contribution in [3.8, 4) is 11.1 Å². The van der Waals surface area contributed by atoms with Crippen LogP contribution in [0.4, 0.5) is 0 Å². The maximum absolute atomic E-state index is 13.6. The summed E-state index contributed by atoms with van der Waals surface area (Å²) in [7, 11) is 0. The minimum Gasteiger partial charge on any atom is -0.459 e. The Labute approximate surface area is 262 Å². The van der Waals surface area contributed by atoms with Gasteiger partial charge in [0.15, 0.2) is 0 Å². The fourth-order valence-corrected chi connectivity index (χ4v) is 6.29. The second-order valence-electron chi connectivity index (χ2n) is 11.2. The van der Waals surface area contributed by atoms with Crippen molar-refractivity contribution in [2.75, 3.05) is 6.61 Å². The van der Waals surface area contributed by atoms with Crippen molar-refractivity contribution in [1.82, 2.24) is 5.32 Å². The third kappa shape index (κ3) is 5.93. The summed E-state index contributed by atoms with van der Waals surface area (Å²) < 4.78 is 5.51. The number of benzene rings is 5. The molecule has 5 aromatic rings. The third-order valence-corrected chi connectivity index (χ3v) is 8.51. The molecule has 224 valence electrons. The zero-order valence-corrected chi connectivity index (χ0v) is 24.8. The van der Waals surface area contributed by atoms with Crippen molar-refractivity contribution in [1.29, 1.82) is 0 Å². The van der Waals surface area contributed by atoms with E-state index >= 15 is 0 Å². The average Bonchev–Trinajstić information content (AvgIpc) is 3.42. The molecular weight excluding hydrogens is 560 g/mol. The van der Waals surface area contributed by atoms with Crippen LogP contribution in [-0.2, 0) is 24.7 Å². The molecule has 5 aromatic carbocycles. The van der Waals surface area contributed by atoms with Crippen LogP contribution < -0.4 is 11.1 Å². The fraction of sp³-hybridized carbons (Fsp3) is 0.154. The van der Waals surface area contributed by atoms with Gasteiger partial charge < -0.3 is 15.8 Å². The quantitative estimate of drug-likeness (QED) is 0.109. The van der Waals surface area contributed by atoms with Crippen LogP contribution in [0.2, 0.25) is 0 Å². The predicted molar refractivity (Wildman–Crippen MR) is 174 cm³/mol. The average molecular weight is 595 g/mol. The molecule has 0 aliphatic heterocycles. The Morgan fingerprint density at radius 2 is 1.07 bits per heavy atom. The number of ketones is 1. The summed E-state index contributed by atoms with van der Waals surface area (Å²) in [4.78, 5) is 39.4. The molecular formula is C39H34N2O4. The summed E-state index contributed by atoms with van der Waals surface area (Å²) in [5.74, 6) is -2.31. The molecule has 0 bridgehead atoms. The Morgan fingerprint density at radius 1 is 0.644 bits per heavy atom. The highest BCUT2D eigenvalue weighted by Gasteiger charge is 2.38. The molecule has 6 heteroatoms. The highest BCUT2D eigenvalue weighted by atomic mass is 16.5. The lowest BCUT2D eigenvalue weighted by molar-refractivity contribution is -0.154. The lowest BCUT2D eigenvalue weighted by Crippen LogP contribution is -2.48. The van der Waals surface area contributed by atoms with E-state index in [1.807, 2.05) is 140 Å². The topological polar surface area (TPSA) is 98.5 Å². The molecule has 0 fully saturated rings. The highest BCUT2D eigenvalue weighted by Crippen LogP contribution is 2.44. The van der Waals surface area contributed by atoms with Crippen molar-refractivity contribution >= 4 is 17.7 Å². The smallest absolute Gasteiger partial charge is 0.376 e. The standard InChI is InChI=1S/C39H34N2O4/c40-35(37(43)38(44)45-26-34-32-22-12-10-20-30(32)31-21-11-13-23-33(31)34)24-25-36(42)41-39(27-14-4-1-5-15-27,28-16-6-2-7-17-28)29-18-8-3-9-19-29/h1-23,34-35H,24-26,40H2,(H,41,42)/t35-/m0/s1. The molecule has 0 aromatic heterocycles. The van der Waals surface area contributed by atoms with Gasteiger partial charge in [0.2, 0.25) is 5.91 Å². The Bertz CT molecular complexity index is 1660. The molecule has 0 saturated carbocycles. The van der Waals surface area contributed by atoms with Crippen molar-refractivity contribution in [2.45, 2.75) is 30.3 Å². The van der Waals surface area contributed by atoms with E-state index in [1.54, 1.807) is 0 Å². The van der Waals surface area contributed by atoms with Crippen LogP contribution in [0.25, 0.3) is 11.1 Å². The molecule has 1 aliphatic rings. The van der Waals surface area contributed by atoms with Gasteiger partial charge in [-0.1, -0.05) is 140 Å². The number of esters is 1. The molecule has 3 N–H and O–H groups in total. The molecule has 6 nitrogen and oxygen atoms in total. The Balaban J connectivity index is 1.14. The van der Waals surface area contributed by atoms with E-state index in [2.05, 4.69) is 5.32 Å². The van der Waals surface area contributed by atoms with E-state index in [1.165, 1.54) is 0 Å². The third-order valence-electron chi connectivity index (χ3n) is 8.51. The van der Waals surface area contributed by atoms with Crippen LogP contribution in [0, 0.1) is 0 Å². The molecule has 6 rings (SSSR count). The van der Waals surface area contributed by atoms with Gasteiger partial charge in [-0.15, -0.1) is 0 Å². The van der Waals surface area contributed by atoms with Gasteiger partial charge in [-0.25, -0.2) is 4.79 Å². The van der Waals surface area contributed by atoms with Gasteiger partial charge in [-0.05, 0) is 45.4 Å². The zero-order chi connectivity index (χ0) is 31.2. The van der Waals surface area contributed by atoms with Crippen LogP contribution in [0.3, 0.4) is 0 Å². The lowest BCUT2D eigenvalue weighted by Gasteiger charge is -2.37. The first-order valence-corrected chi connectivity index (χ1v) is 15.1. The Hall–Kier alpha value is -5.33. The normalized spacial score (nSPS) is 12.9. The van der Waals surface area contributed by atoms with E-state index in [0.29, 0.717) is 0 Å². The number of carbonyl (C=O) groups is 3. The van der Waals surface area contributed by atoms with Crippen LogP contribution in [0.15, 0.2) is 140 Å². The van der Waals surface area contributed by atoms with Gasteiger partial charge in [0.25, 0.3) is 5.78 Å². The van der Waals surface area contributed by atoms with E-state index in [4.69, 9.17) is 10.5 Å². The molecule has 1 amide bonds. The summed E-state index contributed by atoms with van der Waals surface area (Å²) in [6.45, 7) is 0.0273. The van der Waals surface area contributed by atoms with Crippen LogP contribution >= 0.6 is 0 Å². The van der Waals surface area contributed by atoms with Crippen molar-refractivity contribution in [2.24, 2.45) is 5.73 Å². The number of rotatable bonds is 11. The van der Waals surface area contributed by atoms with Crippen LogP contribution in [0.1, 0.15) is 46.6 Å². The number of hydrogen-bond donors (Lipinski definition) is 2. The summed E-state index contributed by atoms with van der Waals surface area (Å²) in [5, 5.41) is 3.26. The van der Waals surface area contributed by atoms with Gasteiger partial charge in [0, 0.05) is 12.3 Å². The summed E-state index contributed by atoms with van der Waals surface area (Å²) in [6.07, 6.45) is -0.0683. The first-order chi connectivity index (χ1) is 22.0. The molecule has 0 unspecified atom stereocenters. The predicted octanol–water partition coefficient (Wildman–Crippen LogP) is 6.13. The minimum atomic E-state index is -1.18. The second-order valence-corrected chi connectivity index (χ2v) is 11.2. The molecule has 45 heavy (non-hydrogen) atoms. The number of carbonyl (C=O) groups excluding carboxylic acids is 3. The number of nitrogens with one attached hydrogen (secondary N) is 1. The van der Waals surface area contributed by atoms with E-state index in [9.17, 15) is 14.4 Å². The first kappa shape index (κ1) is 29.7. The number of nitrogens with two attached hydrogens (primary N) is 1. The summed E-state index contributed by atoms with van der Waals surface area (Å²) in [6, 6.07) is 44.1. The van der Waals surface area contributed by atoms with Crippen molar-refractivity contribution in [3.05, 3.63) is 167 Å². The highest BCUT2D eigenvalue weighted by molar-refractivity contribution is 6.35. The molecule has 1 atom stereocenters. The van der Waals surface area contributed by atoms with Gasteiger partial charge in [0.1, 0.15) is 12.1 Å². The maximum atomic E-state index is 13.6. The fourth-order valence-electron chi connectivity index (χ4n) is 6.29. The van der Waals surface area contributed by atoms with Gasteiger partial charge in [-0.2, -0.15) is 0 Å². The van der Waals surface area contributed by atoms with Gasteiger partial charge in [-0.3, -0.25) is 9.59 Å².